The second-order valence-corrected chi connectivity index (χ2v) is 11.9. The molecule has 4 heterocycles. The van der Waals surface area contributed by atoms with Crippen LogP contribution in [-0.4, -0.2) is 53.4 Å². The van der Waals surface area contributed by atoms with Gasteiger partial charge in [-0.25, -0.2) is 9.59 Å². The Morgan fingerprint density at radius 3 is 2.56 bits per heavy atom. The number of esters is 1. The predicted octanol–water partition coefficient (Wildman–Crippen LogP) is 6.40. The average molecular weight is 556 g/mol. The van der Waals surface area contributed by atoms with E-state index in [0.29, 0.717) is 31.2 Å². The summed E-state index contributed by atoms with van der Waals surface area (Å²) in [6.45, 7) is 5.37. The molecule has 4 aliphatic rings. The van der Waals surface area contributed by atoms with Crippen LogP contribution in [0.25, 0.3) is 11.3 Å². The molecule has 8 heteroatoms. The smallest absolute Gasteiger partial charge is 0.338 e. The molecule has 0 N–H and O–H groups in total. The minimum Gasteiger partial charge on any atom is -0.462 e. The van der Waals surface area contributed by atoms with Crippen molar-refractivity contribution >= 4 is 17.7 Å². The summed E-state index contributed by atoms with van der Waals surface area (Å²) < 4.78 is 17.6. The monoisotopic (exact) mass is 555 g/mol. The molecule has 2 atom stereocenters. The highest BCUT2D eigenvalue weighted by Gasteiger charge is 2.46. The van der Waals surface area contributed by atoms with Crippen molar-refractivity contribution in [1.29, 1.82) is 0 Å². The van der Waals surface area contributed by atoms with Gasteiger partial charge in [-0.3, -0.25) is 4.90 Å². The number of urea groups is 1. The molecular weight excluding hydrogens is 518 g/mol. The molecule has 2 aromatic carbocycles. The summed E-state index contributed by atoms with van der Waals surface area (Å²) in [5.74, 6) is 1.12. The van der Waals surface area contributed by atoms with E-state index in [1.54, 1.807) is 13.0 Å². The fourth-order valence-corrected chi connectivity index (χ4v) is 7.04. The zero-order valence-electron chi connectivity index (χ0n) is 23.8. The van der Waals surface area contributed by atoms with Gasteiger partial charge in [0.1, 0.15) is 11.5 Å². The molecule has 41 heavy (non-hydrogen) atoms. The highest BCUT2D eigenvalue weighted by Crippen LogP contribution is 2.45. The van der Waals surface area contributed by atoms with Crippen molar-refractivity contribution in [1.82, 2.24) is 10.1 Å². The predicted molar refractivity (Wildman–Crippen MR) is 154 cm³/mol. The Morgan fingerprint density at radius 2 is 1.83 bits per heavy atom. The topological polar surface area (TPSA) is 85.1 Å². The van der Waals surface area contributed by atoms with Gasteiger partial charge in [0.2, 0.25) is 0 Å². The number of rotatable bonds is 7. The Kier molecular flexibility index (Phi) is 6.81. The van der Waals surface area contributed by atoms with Crippen LogP contribution in [0.1, 0.15) is 84.2 Å². The van der Waals surface area contributed by atoms with E-state index in [1.807, 2.05) is 29.2 Å². The van der Waals surface area contributed by atoms with E-state index in [2.05, 4.69) is 29.1 Å². The lowest BCUT2D eigenvalue weighted by atomic mass is 9.99. The largest absolute Gasteiger partial charge is 0.462 e. The first-order valence-electron chi connectivity index (χ1n) is 15.1. The van der Waals surface area contributed by atoms with Crippen molar-refractivity contribution < 1.29 is 23.6 Å². The Balaban J connectivity index is 1.04. The van der Waals surface area contributed by atoms with Crippen LogP contribution in [0, 0.1) is 6.92 Å². The molecule has 3 fully saturated rings. The Morgan fingerprint density at radius 1 is 1.05 bits per heavy atom. The van der Waals surface area contributed by atoms with Crippen molar-refractivity contribution in [2.24, 2.45) is 0 Å². The van der Waals surface area contributed by atoms with E-state index >= 15 is 0 Å². The fraction of sp³-hybridized carbons (Fsp3) is 0.485. The molecule has 1 saturated carbocycles. The molecule has 2 unspecified atom stereocenters. The first-order chi connectivity index (χ1) is 20.0. The van der Waals surface area contributed by atoms with E-state index in [0.717, 1.165) is 78.8 Å². The number of nitrogens with zero attached hydrogens (tertiary/aromatic N) is 3. The molecular formula is C33H37N3O5. The van der Waals surface area contributed by atoms with E-state index in [1.165, 1.54) is 5.56 Å². The van der Waals surface area contributed by atoms with E-state index in [4.69, 9.17) is 14.0 Å². The minimum atomic E-state index is -0.318. The van der Waals surface area contributed by atoms with Crippen LogP contribution in [-0.2, 0) is 22.5 Å². The van der Waals surface area contributed by atoms with Crippen LogP contribution in [0.15, 0.2) is 47.0 Å². The number of benzene rings is 2. The molecule has 2 amide bonds. The number of hydrogen-bond donors (Lipinski definition) is 0. The maximum absolute atomic E-state index is 13.9. The van der Waals surface area contributed by atoms with Gasteiger partial charge in [0.15, 0.2) is 0 Å². The van der Waals surface area contributed by atoms with Crippen molar-refractivity contribution in [3.63, 3.8) is 0 Å². The Labute approximate surface area is 240 Å². The van der Waals surface area contributed by atoms with Crippen molar-refractivity contribution in [3.05, 3.63) is 70.5 Å². The number of amides is 2. The summed E-state index contributed by atoms with van der Waals surface area (Å²) in [4.78, 5) is 30.1. The molecule has 1 aliphatic carbocycles. The fourth-order valence-electron chi connectivity index (χ4n) is 7.04. The van der Waals surface area contributed by atoms with Gasteiger partial charge in [0.05, 0.1) is 24.9 Å². The lowest BCUT2D eigenvalue weighted by molar-refractivity contribution is -0.0164. The molecule has 1 aromatic heterocycles. The summed E-state index contributed by atoms with van der Waals surface area (Å²) in [5, 5.41) is 4.50. The number of aryl methyl sites for hydroxylation is 1. The molecule has 3 aromatic rings. The zero-order valence-corrected chi connectivity index (χ0v) is 23.8. The van der Waals surface area contributed by atoms with E-state index in [-0.39, 0.29) is 30.2 Å². The number of anilines is 1. The average Bonchev–Trinajstić information content (AvgIpc) is 3.50. The van der Waals surface area contributed by atoms with Gasteiger partial charge in [-0.05, 0) is 88.1 Å². The molecule has 8 nitrogen and oxygen atoms in total. The SMILES string of the molecule is CCOC(=O)c1ccc2c(c1)CCN2C(=O)N1C2CCC1CC(OCc1c(-c3ccccc3C)noc1C1CC1)C2. The van der Waals surface area contributed by atoms with Gasteiger partial charge in [0, 0.05) is 41.4 Å². The highest BCUT2D eigenvalue weighted by molar-refractivity contribution is 5.97. The molecule has 214 valence electrons. The van der Waals surface area contributed by atoms with Crippen LogP contribution < -0.4 is 4.90 Å². The third-order valence-corrected chi connectivity index (χ3v) is 9.26. The lowest BCUT2D eigenvalue weighted by Crippen LogP contribution is -2.53. The molecule has 3 aliphatic heterocycles. The summed E-state index contributed by atoms with van der Waals surface area (Å²) >= 11 is 0. The second kappa shape index (κ2) is 10.6. The lowest BCUT2D eigenvalue weighted by Gasteiger charge is -2.40. The van der Waals surface area contributed by atoms with Crippen LogP contribution >= 0.6 is 0 Å². The summed E-state index contributed by atoms with van der Waals surface area (Å²) in [6, 6.07) is 14.3. The number of piperidine rings is 1. The number of carbonyl (C=O) groups is 2. The van der Waals surface area contributed by atoms with Gasteiger partial charge in [0.25, 0.3) is 0 Å². The van der Waals surface area contributed by atoms with Crippen LogP contribution in [0.5, 0.6) is 0 Å². The number of hydrogen-bond acceptors (Lipinski definition) is 6. The molecule has 7 rings (SSSR count). The van der Waals surface area contributed by atoms with Gasteiger partial charge in [-0.15, -0.1) is 0 Å². The van der Waals surface area contributed by atoms with E-state index in [9.17, 15) is 9.59 Å². The molecule has 2 bridgehead atoms. The Hall–Kier alpha value is -3.65. The first-order valence-corrected chi connectivity index (χ1v) is 15.1. The number of ether oxygens (including phenoxy) is 2. The quantitative estimate of drug-likeness (QED) is 0.314. The zero-order chi connectivity index (χ0) is 28.1. The van der Waals surface area contributed by atoms with E-state index < -0.39 is 0 Å². The molecule has 2 saturated heterocycles. The summed E-state index contributed by atoms with van der Waals surface area (Å²) in [7, 11) is 0. The standard InChI is InChI=1S/C33H37N3O5/c1-3-39-32(37)23-10-13-29-22(16-23)14-15-35(29)33(38)36-24-11-12-25(36)18-26(17-24)40-19-28-30(27-7-5-4-6-20(27)2)34-41-31(28)21-8-9-21/h4-7,10,13,16,21,24-26H,3,8-9,11-12,14-15,17-19H2,1-2H3. The minimum absolute atomic E-state index is 0.0791. The molecule has 0 radical (unpaired) electrons. The summed E-state index contributed by atoms with van der Waals surface area (Å²) in [6.07, 6.45) is 6.83. The summed E-state index contributed by atoms with van der Waals surface area (Å²) in [5.41, 5.74) is 6.74. The van der Waals surface area contributed by atoms with Crippen LogP contribution in [0.2, 0.25) is 0 Å². The van der Waals surface area contributed by atoms with Gasteiger partial charge >= 0.3 is 12.0 Å². The maximum atomic E-state index is 13.9. The first kappa shape index (κ1) is 26.3. The van der Waals surface area contributed by atoms with Crippen molar-refractivity contribution in [2.75, 3.05) is 18.1 Å². The number of aromatic nitrogens is 1. The number of fused-ring (bicyclic) bond motifs is 3. The highest BCUT2D eigenvalue weighted by atomic mass is 16.5. The number of carbonyl (C=O) groups excluding carboxylic acids is 2. The normalized spacial score (nSPS) is 23.1. The third kappa shape index (κ3) is 4.82. The van der Waals surface area contributed by atoms with Crippen molar-refractivity contribution in [3.8, 4) is 11.3 Å². The third-order valence-electron chi connectivity index (χ3n) is 9.26. The van der Waals surface area contributed by atoms with Gasteiger partial charge < -0.3 is 18.9 Å². The van der Waals surface area contributed by atoms with Gasteiger partial charge in [-0.2, -0.15) is 0 Å². The van der Waals surface area contributed by atoms with Crippen LogP contribution in [0.4, 0.5) is 10.5 Å². The maximum Gasteiger partial charge on any atom is 0.338 e. The molecule has 0 spiro atoms. The van der Waals surface area contributed by atoms with Gasteiger partial charge in [-0.1, -0.05) is 29.4 Å². The Bertz CT molecular complexity index is 1460. The van der Waals surface area contributed by atoms with Crippen molar-refractivity contribution in [2.45, 2.75) is 89.5 Å². The second-order valence-electron chi connectivity index (χ2n) is 11.9. The van der Waals surface area contributed by atoms with Crippen LogP contribution in [0.3, 0.4) is 0 Å².